The maximum absolute atomic E-state index is 13.4. The Bertz CT molecular complexity index is 930. The molecule has 1 heterocycles. The van der Waals surface area contributed by atoms with Crippen molar-refractivity contribution in [2.24, 2.45) is 11.7 Å². The van der Waals surface area contributed by atoms with Gasteiger partial charge in [0.15, 0.2) is 0 Å². The van der Waals surface area contributed by atoms with Gasteiger partial charge in [0, 0.05) is 18.2 Å². The van der Waals surface area contributed by atoms with Gasteiger partial charge in [-0.3, -0.25) is 9.59 Å². The second-order valence-electron chi connectivity index (χ2n) is 8.18. The molecule has 1 fully saturated rings. The highest BCUT2D eigenvalue weighted by Gasteiger charge is 2.35. The minimum Gasteiger partial charge on any atom is -0.461 e. The van der Waals surface area contributed by atoms with Crippen LogP contribution in [0.5, 0.6) is 0 Å². The van der Waals surface area contributed by atoms with Gasteiger partial charge in [-0.2, -0.15) is 0 Å². The number of hydrogen-bond donors (Lipinski definition) is 3. The van der Waals surface area contributed by atoms with Crippen LogP contribution in [-0.4, -0.2) is 35.0 Å². The molecule has 158 valence electrons. The van der Waals surface area contributed by atoms with Gasteiger partial charge in [0.25, 0.3) is 5.91 Å². The zero-order valence-electron chi connectivity index (χ0n) is 16.6. The van der Waals surface area contributed by atoms with E-state index in [0.717, 1.165) is 5.56 Å². The fourth-order valence-corrected chi connectivity index (χ4v) is 3.81. The Morgan fingerprint density at radius 3 is 2.59 bits per heavy atom. The Hall–Kier alpha value is -2.48. The van der Waals surface area contributed by atoms with Crippen molar-refractivity contribution >= 4 is 22.8 Å². The van der Waals surface area contributed by atoms with E-state index in [1.807, 2.05) is 12.1 Å². The fraction of sp³-hybridized carbons (Fsp3) is 0.524. The molecule has 0 bridgehead atoms. The molecular weight excluding hydrogens is 382 g/mol. The van der Waals surface area contributed by atoms with Gasteiger partial charge in [-0.15, -0.1) is 0 Å². The Kier molecular flexibility index (Phi) is 5.67. The van der Waals surface area contributed by atoms with E-state index in [1.54, 1.807) is 13.0 Å². The summed E-state index contributed by atoms with van der Waals surface area (Å²) in [6.45, 7) is 2.34. The molecule has 2 amide bonds. The Morgan fingerprint density at radius 1 is 1.34 bits per heavy atom. The normalized spacial score (nSPS) is 19.1. The number of nitrogens with two attached hydrogens (primary N) is 1. The van der Waals surface area contributed by atoms with E-state index in [9.17, 15) is 23.5 Å². The van der Waals surface area contributed by atoms with Crippen molar-refractivity contribution < 1.29 is 27.9 Å². The molecule has 1 aliphatic carbocycles. The van der Waals surface area contributed by atoms with E-state index in [1.165, 1.54) is 6.92 Å². The van der Waals surface area contributed by atoms with Gasteiger partial charge in [-0.1, -0.05) is 6.07 Å². The highest BCUT2D eigenvalue weighted by molar-refractivity contribution is 6.09. The molecule has 3 rings (SSSR count). The highest BCUT2D eigenvalue weighted by atomic mass is 19.3. The number of halogens is 2. The molecule has 0 radical (unpaired) electrons. The molecule has 1 aromatic heterocycles. The first kappa shape index (κ1) is 21.2. The van der Waals surface area contributed by atoms with Gasteiger partial charge in [0.1, 0.15) is 16.9 Å². The van der Waals surface area contributed by atoms with Crippen LogP contribution in [0.2, 0.25) is 0 Å². The Balaban J connectivity index is 1.85. The number of aliphatic hydroxyl groups excluding tert-OH is 1. The van der Waals surface area contributed by atoms with Gasteiger partial charge < -0.3 is 20.6 Å². The molecule has 0 unspecified atom stereocenters. The number of carbonyl (C=O) groups is 2. The average Bonchev–Trinajstić information content (AvgIpc) is 2.98. The van der Waals surface area contributed by atoms with Crippen LogP contribution in [0, 0.1) is 12.8 Å². The van der Waals surface area contributed by atoms with Crippen molar-refractivity contribution in [3.8, 4) is 0 Å². The number of amides is 2. The monoisotopic (exact) mass is 408 g/mol. The van der Waals surface area contributed by atoms with Crippen molar-refractivity contribution in [2.75, 3.05) is 6.61 Å². The third-order valence-electron chi connectivity index (χ3n) is 5.77. The van der Waals surface area contributed by atoms with Crippen LogP contribution in [-0.2, 0) is 11.2 Å². The summed E-state index contributed by atoms with van der Waals surface area (Å²) in [6, 6.07) is 5.46. The first-order valence-electron chi connectivity index (χ1n) is 9.68. The third kappa shape index (κ3) is 4.42. The molecule has 0 saturated heterocycles. The molecule has 0 spiro atoms. The summed E-state index contributed by atoms with van der Waals surface area (Å²) in [4.78, 5) is 24.4. The molecule has 6 nitrogen and oxygen atoms in total. The molecule has 0 aliphatic heterocycles. The lowest BCUT2D eigenvalue weighted by atomic mass is 9.83. The van der Waals surface area contributed by atoms with E-state index in [4.69, 9.17) is 10.2 Å². The number of aryl methyl sites for hydroxylation is 1. The van der Waals surface area contributed by atoms with E-state index in [2.05, 4.69) is 5.32 Å². The number of furan rings is 1. The van der Waals surface area contributed by atoms with Gasteiger partial charge in [-0.25, -0.2) is 8.78 Å². The van der Waals surface area contributed by atoms with Crippen LogP contribution in [0.15, 0.2) is 22.6 Å². The SMILES string of the molecule is Cc1oc2ccc(CC3CCC(F)(F)CC3)cc2c1C(=O)N[C@@](C)(CO)C(N)=O. The van der Waals surface area contributed by atoms with E-state index in [-0.39, 0.29) is 24.3 Å². The quantitative estimate of drug-likeness (QED) is 0.683. The summed E-state index contributed by atoms with van der Waals surface area (Å²) in [5.41, 5.74) is 5.40. The lowest BCUT2D eigenvalue weighted by Gasteiger charge is -2.28. The Morgan fingerprint density at radius 2 is 2.00 bits per heavy atom. The predicted octanol–water partition coefficient (Wildman–Crippen LogP) is 3.08. The molecule has 1 aromatic carbocycles. The molecule has 29 heavy (non-hydrogen) atoms. The van der Waals surface area contributed by atoms with Crippen molar-refractivity contribution in [3.63, 3.8) is 0 Å². The minimum atomic E-state index is -2.56. The van der Waals surface area contributed by atoms with Crippen LogP contribution in [0.4, 0.5) is 8.78 Å². The number of alkyl halides is 2. The molecule has 4 N–H and O–H groups in total. The number of benzene rings is 1. The summed E-state index contributed by atoms with van der Waals surface area (Å²) < 4.78 is 32.4. The zero-order chi connectivity index (χ0) is 21.4. The molecule has 2 aromatic rings. The first-order chi connectivity index (χ1) is 13.5. The van der Waals surface area contributed by atoms with Crippen molar-refractivity contribution in [1.29, 1.82) is 0 Å². The van der Waals surface area contributed by atoms with Crippen molar-refractivity contribution in [1.82, 2.24) is 5.32 Å². The highest BCUT2D eigenvalue weighted by Crippen LogP contribution is 2.38. The predicted molar refractivity (Wildman–Crippen MR) is 104 cm³/mol. The number of hydrogen-bond acceptors (Lipinski definition) is 4. The standard InChI is InChI=1S/C21H26F2N2O4/c1-12-17(18(27)25-20(2,11-26)19(24)28)15-10-14(3-4-16(15)29-12)9-13-5-7-21(22,23)8-6-13/h3-4,10,13,26H,5-9,11H2,1-2H3,(H2,24,28)(H,25,27)/t20-/m0/s1. The maximum atomic E-state index is 13.4. The van der Waals surface area contributed by atoms with Crippen LogP contribution >= 0.6 is 0 Å². The summed E-state index contributed by atoms with van der Waals surface area (Å²) in [5.74, 6) is -3.45. The van der Waals surface area contributed by atoms with Gasteiger partial charge in [0.2, 0.25) is 11.8 Å². The van der Waals surface area contributed by atoms with Crippen LogP contribution in [0.25, 0.3) is 11.0 Å². The number of primary amides is 1. The summed E-state index contributed by atoms with van der Waals surface area (Å²) in [5, 5.41) is 12.5. The number of fused-ring (bicyclic) bond motifs is 1. The number of rotatable bonds is 6. The number of aliphatic hydroxyl groups is 1. The summed E-state index contributed by atoms with van der Waals surface area (Å²) >= 11 is 0. The average molecular weight is 408 g/mol. The molecule has 8 heteroatoms. The first-order valence-corrected chi connectivity index (χ1v) is 9.68. The third-order valence-corrected chi connectivity index (χ3v) is 5.77. The zero-order valence-corrected chi connectivity index (χ0v) is 16.6. The topological polar surface area (TPSA) is 106 Å². The Labute approximate surface area is 167 Å². The van der Waals surface area contributed by atoms with Crippen molar-refractivity contribution in [2.45, 2.75) is 57.4 Å². The van der Waals surface area contributed by atoms with Gasteiger partial charge >= 0.3 is 0 Å². The number of nitrogens with one attached hydrogen (secondary N) is 1. The van der Waals surface area contributed by atoms with Gasteiger partial charge in [0.05, 0.1) is 12.2 Å². The second kappa shape index (κ2) is 7.74. The smallest absolute Gasteiger partial charge is 0.256 e. The summed E-state index contributed by atoms with van der Waals surface area (Å²) in [6.07, 6.45) is 1.40. The molecular formula is C21H26F2N2O4. The van der Waals surface area contributed by atoms with Gasteiger partial charge in [-0.05, 0) is 56.7 Å². The van der Waals surface area contributed by atoms with E-state index < -0.39 is 29.9 Å². The number of carbonyl (C=O) groups excluding carboxylic acids is 2. The summed E-state index contributed by atoms with van der Waals surface area (Å²) in [7, 11) is 0. The van der Waals surface area contributed by atoms with E-state index >= 15 is 0 Å². The van der Waals surface area contributed by atoms with Crippen LogP contribution < -0.4 is 11.1 Å². The minimum absolute atomic E-state index is 0.0920. The lowest BCUT2D eigenvalue weighted by molar-refractivity contribution is -0.124. The molecule has 1 saturated carbocycles. The largest absolute Gasteiger partial charge is 0.461 e. The maximum Gasteiger partial charge on any atom is 0.256 e. The molecule has 1 atom stereocenters. The fourth-order valence-electron chi connectivity index (χ4n) is 3.81. The van der Waals surface area contributed by atoms with E-state index in [0.29, 0.717) is 36.0 Å². The van der Waals surface area contributed by atoms with Crippen LogP contribution in [0.3, 0.4) is 0 Å². The van der Waals surface area contributed by atoms with Crippen LogP contribution in [0.1, 0.15) is 54.3 Å². The lowest BCUT2D eigenvalue weighted by Crippen LogP contribution is -2.57. The van der Waals surface area contributed by atoms with Crippen molar-refractivity contribution in [3.05, 3.63) is 35.1 Å². The molecule has 1 aliphatic rings. The second-order valence-corrected chi connectivity index (χ2v) is 8.18.